The summed E-state index contributed by atoms with van der Waals surface area (Å²) in [5, 5.41) is 8.87. The van der Waals surface area contributed by atoms with Gasteiger partial charge in [0.05, 0.1) is 16.5 Å². The number of nitriles is 1. The zero-order chi connectivity index (χ0) is 21.6. The second-order valence-electron chi connectivity index (χ2n) is 8.00. The van der Waals surface area contributed by atoms with E-state index < -0.39 is 10.0 Å². The van der Waals surface area contributed by atoms with Crippen molar-refractivity contribution in [1.82, 2.24) is 9.62 Å². The van der Waals surface area contributed by atoms with Crippen LogP contribution in [0.1, 0.15) is 55.4 Å². The Labute approximate surface area is 180 Å². The number of nitrogens with zero attached hydrogens (tertiary/aromatic N) is 2. The molecule has 1 atom stereocenters. The molecule has 3 rings (SSSR count). The van der Waals surface area contributed by atoms with E-state index in [1.807, 2.05) is 12.1 Å². The molecule has 5 nitrogen and oxygen atoms in total. The number of hydrogen-bond acceptors (Lipinski definition) is 4. The summed E-state index contributed by atoms with van der Waals surface area (Å²) in [7, 11) is -3.61. The molecule has 0 radical (unpaired) electrons. The van der Waals surface area contributed by atoms with Crippen LogP contribution >= 0.6 is 0 Å². The smallest absolute Gasteiger partial charge is 0.240 e. The topological polar surface area (TPSA) is 73.2 Å². The van der Waals surface area contributed by atoms with Crippen molar-refractivity contribution in [2.24, 2.45) is 0 Å². The summed E-state index contributed by atoms with van der Waals surface area (Å²) in [4.78, 5) is 2.79. The van der Waals surface area contributed by atoms with Gasteiger partial charge in [-0.2, -0.15) is 5.26 Å². The van der Waals surface area contributed by atoms with Gasteiger partial charge in [-0.05, 0) is 86.1 Å². The molecule has 2 aromatic rings. The maximum absolute atomic E-state index is 12.6. The molecule has 1 N–H and O–H groups in total. The second-order valence-corrected chi connectivity index (χ2v) is 9.76. The third-order valence-electron chi connectivity index (χ3n) is 5.77. The van der Waals surface area contributed by atoms with Gasteiger partial charge in [-0.15, -0.1) is 0 Å². The minimum absolute atomic E-state index is 0.175. The largest absolute Gasteiger partial charge is 0.300 e. The number of sulfonamides is 1. The van der Waals surface area contributed by atoms with Crippen LogP contribution in [0.15, 0.2) is 47.4 Å². The van der Waals surface area contributed by atoms with E-state index in [0.29, 0.717) is 11.6 Å². The van der Waals surface area contributed by atoms with Crippen molar-refractivity contribution in [3.63, 3.8) is 0 Å². The fourth-order valence-electron chi connectivity index (χ4n) is 4.23. The van der Waals surface area contributed by atoms with Gasteiger partial charge in [0.1, 0.15) is 0 Å². The second kappa shape index (κ2) is 10.2. The molecule has 0 saturated heterocycles. The van der Waals surface area contributed by atoms with Crippen molar-refractivity contribution < 1.29 is 8.42 Å². The lowest BCUT2D eigenvalue weighted by Gasteiger charge is -2.35. The summed E-state index contributed by atoms with van der Waals surface area (Å²) >= 11 is 0. The number of hydrogen-bond donors (Lipinski definition) is 1. The first-order chi connectivity index (χ1) is 14.5. The molecular formula is C24H31N3O2S. The lowest BCUT2D eigenvalue weighted by molar-refractivity contribution is 0.180. The zero-order valence-electron chi connectivity index (χ0n) is 17.9. The van der Waals surface area contributed by atoms with E-state index in [-0.39, 0.29) is 11.4 Å². The summed E-state index contributed by atoms with van der Waals surface area (Å²) in [5.41, 5.74) is 4.15. The lowest BCUT2D eigenvalue weighted by atomic mass is 9.86. The number of rotatable bonds is 9. The molecule has 1 aliphatic rings. The van der Waals surface area contributed by atoms with E-state index >= 15 is 0 Å². The molecule has 1 aliphatic carbocycles. The first kappa shape index (κ1) is 22.5. The fraction of sp³-hybridized carbons (Fsp3) is 0.458. The standard InChI is InChI=1S/C24H31N3O2S/c1-3-13-27(14-4-2)23-10-9-21-8-5-20(15-22(21)16-23)18-26-30(28,29)24-11-6-19(17-25)7-12-24/h5-8,11-12,15,23,26H,3-4,9-10,13-14,16,18H2,1-2H3/t23-/m1/s1. The Kier molecular flexibility index (Phi) is 7.65. The first-order valence-corrected chi connectivity index (χ1v) is 12.3. The van der Waals surface area contributed by atoms with Gasteiger partial charge in [0.15, 0.2) is 0 Å². The summed E-state index contributed by atoms with van der Waals surface area (Å²) in [6.07, 6.45) is 5.64. The van der Waals surface area contributed by atoms with E-state index in [2.05, 4.69) is 35.6 Å². The predicted molar refractivity (Wildman–Crippen MR) is 120 cm³/mol. The van der Waals surface area contributed by atoms with Crippen LogP contribution in [0.3, 0.4) is 0 Å². The van der Waals surface area contributed by atoms with E-state index in [0.717, 1.165) is 31.5 Å². The molecule has 6 heteroatoms. The van der Waals surface area contributed by atoms with Crippen LogP contribution in [0, 0.1) is 11.3 Å². The molecule has 30 heavy (non-hydrogen) atoms. The van der Waals surface area contributed by atoms with Gasteiger partial charge in [-0.25, -0.2) is 13.1 Å². The minimum Gasteiger partial charge on any atom is -0.300 e. The number of benzene rings is 2. The van der Waals surface area contributed by atoms with Gasteiger partial charge in [0.25, 0.3) is 0 Å². The number of fused-ring (bicyclic) bond motifs is 1. The van der Waals surface area contributed by atoms with Crippen molar-refractivity contribution in [1.29, 1.82) is 5.26 Å². The molecule has 0 unspecified atom stereocenters. The highest BCUT2D eigenvalue weighted by Gasteiger charge is 2.24. The number of nitrogens with one attached hydrogen (secondary N) is 1. The average molecular weight is 426 g/mol. The van der Waals surface area contributed by atoms with Gasteiger partial charge >= 0.3 is 0 Å². The Hall–Kier alpha value is -2.20. The molecule has 2 aromatic carbocycles. The summed E-state index contributed by atoms with van der Waals surface area (Å²) < 4.78 is 27.8. The minimum atomic E-state index is -3.61. The van der Waals surface area contributed by atoms with E-state index in [1.165, 1.54) is 54.7 Å². The average Bonchev–Trinajstić information content (AvgIpc) is 2.77. The maximum atomic E-state index is 12.6. The highest BCUT2D eigenvalue weighted by molar-refractivity contribution is 7.89. The molecule has 0 saturated carbocycles. The highest BCUT2D eigenvalue weighted by atomic mass is 32.2. The predicted octanol–water partition coefficient (Wildman–Crippen LogP) is 4.02. The third kappa shape index (κ3) is 5.48. The molecule has 0 aliphatic heterocycles. The summed E-state index contributed by atoms with van der Waals surface area (Å²) in [6, 6.07) is 14.9. The Balaban J connectivity index is 1.69. The lowest BCUT2D eigenvalue weighted by Crippen LogP contribution is -2.40. The fourth-order valence-corrected chi connectivity index (χ4v) is 5.25. The SMILES string of the molecule is CCCN(CCC)[C@@H]1CCc2ccc(CNS(=O)(=O)c3ccc(C#N)cc3)cc2C1. The van der Waals surface area contributed by atoms with Gasteiger partial charge in [0, 0.05) is 12.6 Å². The summed E-state index contributed by atoms with van der Waals surface area (Å²) in [5.74, 6) is 0. The van der Waals surface area contributed by atoms with E-state index in [4.69, 9.17) is 5.26 Å². The quantitative estimate of drug-likeness (QED) is 0.659. The van der Waals surface area contributed by atoms with Crippen molar-refractivity contribution >= 4 is 10.0 Å². The van der Waals surface area contributed by atoms with Gasteiger partial charge < -0.3 is 4.90 Å². The van der Waals surface area contributed by atoms with Crippen LogP contribution < -0.4 is 4.72 Å². The first-order valence-electron chi connectivity index (χ1n) is 10.8. The molecule has 0 fully saturated rings. The van der Waals surface area contributed by atoms with Gasteiger partial charge in [0.2, 0.25) is 10.0 Å². The van der Waals surface area contributed by atoms with Crippen LogP contribution in [0.2, 0.25) is 0 Å². The normalized spacial score (nSPS) is 16.3. The highest BCUT2D eigenvalue weighted by Crippen LogP contribution is 2.26. The molecule has 0 heterocycles. The van der Waals surface area contributed by atoms with Crippen LogP contribution in [-0.4, -0.2) is 32.4 Å². The van der Waals surface area contributed by atoms with Gasteiger partial charge in [-0.1, -0.05) is 32.0 Å². The third-order valence-corrected chi connectivity index (χ3v) is 7.19. The molecule has 0 aromatic heterocycles. The van der Waals surface area contributed by atoms with Crippen molar-refractivity contribution in [3.05, 3.63) is 64.7 Å². The molecule has 0 spiro atoms. The monoisotopic (exact) mass is 425 g/mol. The van der Waals surface area contributed by atoms with Gasteiger partial charge in [-0.3, -0.25) is 0 Å². The Morgan fingerprint density at radius 2 is 1.77 bits per heavy atom. The molecule has 0 bridgehead atoms. The molecular weight excluding hydrogens is 394 g/mol. The Bertz CT molecular complexity index is 988. The zero-order valence-corrected chi connectivity index (χ0v) is 18.7. The van der Waals surface area contributed by atoms with E-state index in [1.54, 1.807) is 0 Å². The van der Waals surface area contributed by atoms with Crippen LogP contribution in [0.4, 0.5) is 0 Å². The van der Waals surface area contributed by atoms with E-state index in [9.17, 15) is 8.42 Å². The maximum Gasteiger partial charge on any atom is 0.240 e. The molecule has 0 amide bonds. The summed E-state index contributed by atoms with van der Waals surface area (Å²) in [6.45, 7) is 7.00. The van der Waals surface area contributed by atoms with Crippen molar-refractivity contribution in [2.75, 3.05) is 13.1 Å². The Morgan fingerprint density at radius 1 is 1.07 bits per heavy atom. The number of aryl methyl sites for hydroxylation is 1. The van der Waals surface area contributed by atoms with Crippen molar-refractivity contribution in [3.8, 4) is 6.07 Å². The van der Waals surface area contributed by atoms with Crippen LogP contribution in [-0.2, 0) is 29.4 Å². The molecule has 160 valence electrons. The van der Waals surface area contributed by atoms with Crippen LogP contribution in [0.5, 0.6) is 0 Å². The van der Waals surface area contributed by atoms with Crippen LogP contribution in [0.25, 0.3) is 0 Å². The Morgan fingerprint density at radius 3 is 2.40 bits per heavy atom. The van der Waals surface area contributed by atoms with Crippen molar-refractivity contribution in [2.45, 2.75) is 63.4 Å².